The van der Waals surface area contributed by atoms with Gasteiger partial charge in [0.2, 0.25) is 11.8 Å². The Morgan fingerprint density at radius 1 is 1.15 bits per heavy atom. The molecule has 1 aromatic rings. The molecule has 7 heteroatoms. The lowest BCUT2D eigenvalue weighted by molar-refractivity contribution is -0.156. The van der Waals surface area contributed by atoms with Crippen molar-refractivity contribution in [3.8, 4) is 5.75 Å². The lowest BCUT2D eigenvalue weighted by Gasteiger charge is -2.31. The van der Waals surface area contributed by atoms with Crippen LogP contribution in [0.1, 0.15) is 38.8 Å². The molecule has 0 radical (unpaired) electrons. The van der Waals surface area contributed by atoms with Crippen LogP contribution in [0.25, 0.3) is 0 Å². The van der Waals surface area contributed by atoms with Crippen molar-refractivity contribution in [1.82, 2.24) is 10.2 Å². The van der Waals surface area contributed by atoms with Gasteiger partial charge in [-0.3, -0.25) is 24.6 Å². The van der Waals surface area contributed by atoms with Gasteiger partial charge in [-0.15, -0.1) is 0 Å². The maximum Gasteiger partial charge on any atom is 0.327 e. The first-order chi connectivity index (χ1) is 12.9. The van der Waals surface area contributed by atoms with Gasteiger partial charge >= 0.3 is 5.97 Å². The van der Waals surface area contributed by atoms with Gasteiger partial charge in [0, 0.05) is 12.6 Å². The molecule has 27 heavy (non-hydrogen) atoms. The number of imide groups is 1. The molecule has 0 saturated carbocycles. The average molecular weight is 374 g/mol. The van der Waals surface area contributed by atoms with Crippen molar-refractivity contribution < 1.29 is 23.9 Å². The van der Waals surface area contributed by atoms with Crippen LogP contribution in [0.4, 0.5) is 0 Å². The first-order valence-electron chi connectivity index (χ1n) is 9.39. The molecule has 0 unspecified atom stereocenters. The molecule has 3 rings (SSSR count). The third kappa shape index (κ3) is 2.81. The summed E-state index contributed by atoms with van der Waals surface area (Å²) < 4.78 is 10.5. The molecular weight excluding hydrogens is 348 g/mol. The summed E-state index contributed by atoms with van der Waals surface area (Å²) in [7, 11) is 1.58. The number of esters is 1. The Morgan fingerprint density at radius 2 is 1.81 bits per heavy atom. The summed E-state index contributed by atoms with van der Waals surface area (Å²) in [6.07, 6.45) is 0.357. The van der Waals surface area contributed by atoms with Crippen LogP contribution in [0, 0.1) is 11.8 Å². The highest BCUT2D eigenvalue weighted by Gasteiger charge is 2.67. The van der Waals surface area contributed by atoms with E-state index in [1.807, 2.05) is 19.1 Å². The van der Waals surface area contributed by atoms with E-state index in [1.54, 1.807) is 33.1 Å². The highest BCUT2D eigenvalue weighted by molar-refractivity contribution is 6.09. The van der Waals surface area contributed by atoms with Crippen LogP contribution < -0.4 is 10.1 Å². The highest BCUT2D eigenvalue weighted by atomic mass is 16.5. The van der Waals surface area contributed by atoms with Crippen LogP contribution in [0.2, 0.25) is 0 Å². The number of amides is 2. The van der Waals surface area contributed by atoms with Gasteiger partial charge in [-0.1, -0.05) is 19.1 Å². The molecule has 0 spiro atoms. The number of nitrogens with one attached hydrogen (secondary N) is 1. The van der Waals surface area contributed by atoms with Crippen LogP contribution in [-0.4, -0.2) is 48.5 Å². The maximum absolute atomic E-state index is 13.0. The molecule has 2 amide bonds. The number of rotatable bonds is 6. The van der Waals surface area contributed by atoms with Crippen molar-refractivity contribution >= 4 is 17.8 Å². The zero-order valence-corrected chi connectivity index (χ0v) is 16.2. The first-order valence-corrected chi connectivity index (χ1v) is 9.39. The van der Waals surface area contributed by atoms with Gasteiger partial charge in [0.1, 0.15) is 11.3 Å². The quantitative estimate of drug-likeness (QED) is 0.602. The molecule has 146 valence electrons. The number of likely N-dealkylation sites (tertiary alicyclic amines) is 1. The van der Waals surface area contributed by atoms with Crippen molar-refractivity contribution in [2.75, 3.05) is 20.3 Å². The van der Waals surface area contributed by atoms with E-state index < -0.39 is 29.4 Å². The largest absolute Gasteiger partial charge is 0.497 e. The van der Waals surface area contributed by atoms with E-state index in [4.69, 9.17) is 9.47 Å². The molecule has 0 bridgehead atoms. The van der Waals surface area contributed by atoms with Crippen LogP contribution in [0.5, 0.6) is 5.75 Å². The summed E-state index contributed by atoms with van der Waals surface area (Å²) in [5, 5.41) is 3.32. The lowest BCUT2D eigenvalue weighted by Crippen LogP contribution is -2.56. The highest BCUT2D eigenvalue weighted by Crippen LogP contribution is 2.50. The fraction of sp³-hybridized carbons (Fsp3) is 0.550. The molecule has 2 saturated heterocycles. The number of carbonyl (C=O) groups is 3. The zero-order valence-electron chi connectivity index (χ0n) is 16.2. The van der Waals surface area contributed by atoms with Gasteiger partial charge in [-0.25, -0.2) is 0 Å². The molecule has 0 aliphatic carbocycles. The molecule has 2 fully saturated rings. The van der Waals surface area contributed by atoms with Crippen molar-refractivity contribution in [1.29, 1.82) is 0 Å². The van der Waals surface area contributed by atoms with Gasteiger partial charge < -0.3 is 9.47 Å². The Kier molecular flexibility index (Phi) is 5.24. The summed E-state index contributed by atoms with van der Waals surface area (Å²) in [6.45, 7) is 5.85. The fourth-order valence-electron chi connectivity index (χ4n) is 4.39. The van der Waals surface area contributed by atoms with E-state index in [0.29, 0.717) is 18.7 Å². The molecule has 2 aliphatic heterocycles. The number of hydrogen-bond donors (Lipinski definition) is 1. The van der Waals surface area contributed by atoms with Crippen LogP contribution in [0.15, 0.2) is 24.3 Å². The van der Waals surface area contributed by atoms with E-state index in [2.05, 4.69) is 5.32 Å². The molecular formula is C20H26N2O5. The second kappa shape index (κ2) is 7.31. The zero-order chi connectivity index (χ0) is 19.8. The summed E-state index contributed by atoms with van der Waals surface area (Å²) in [6, 6.07) is 6.88. The van der Waals surface area contributed by atoms with Crippen molar-refractivity contribution in [2.45, 2.75) is 38.8 Å². The van der Waals surface area contributed by atoms with Crippen molar-refractivity contribution in [2.24, 2.45) is 11.8 Å². The second-order valence-electron chi connectivity index (χ2n) is 6.86. The summed E-state index contributed by atoms with van der Waals surface area (Å²) in [4.78, 5) is 40.2. The standard InChI is InChI=1S/C20H26N2O5/c1-5-20(19(25)27-7-3)15-14(17(23)22(6-2)18(15)24)16(21-20)12-8-10-13(26-4)11-9-12/h8-11,14-16,21H,5-7H2,1-4H3/t14-,15+,16-,20-/m0/s1. The molecule has 2 aliphatic rings. The Bertz CT molecular complexity index is 747. The van der Waals surface area contributed by atoms with Crippen LogP contribution in [-0.2, 0) is 19.1 Å². The predicted octanol–water partition coefficient (Wildman–Crippen LogP) is 1.67. The summed E-state index contributed by atoms with van der Waals surface area (Å²) in [5.74, 6) is -1.70. The molecule has 2 heterocycles. The van der Waals surface area contributed by atoms with E-state index in [0.717, 1.165) is 5.56 Å². The number of methoxy groups -OCH3 is 1. The lowest BCUT2D eigenvalue weighted by atomic mass is 9.78. The van der Waals surface area contributed by atoms with E-state index in [1.165, 1.54) is 4.90 Å². The third-order valence-corrected chi connectivity index (χ3v) is 5.73. The molecule has 4 atom stereocenters. The smallest absolute Gasteiger partial charge is 0.327 e. The van der Waals surface area contributed by atoms with Crippen molar-refractivity contribution in [3.05, 3.63) is 29.8 Å². The van der Waals surface area contributed by atoms with Gasteiger partial charge in [0.15, 0.2) is 0 Å². The average Bonchev–Trinajstić information content (AvgIpc) is 3.16. The van der Waals surface area contributed by atoms with Crippen LogP contribution in [0.3, 0.4) is 0 Å². The summed E-state index contributed by atoms with van der Waals surface area (Å²) >= 11 is 0. The molecule has 0 aromatic heterocycles. The Morgan fingerprint density at radius 3 is 2.33 bits per heavy atom. The topological polar surface area (TPSA) is 84.9 Å². The van der Waals surface area contributed by atoms with E-state index in [-0.39, 0.29) is 18.4 Å². The van der Waals surface area contributed by atoms with E-state index >= 15 is 0 Å². The van der Waals surface area contributed by atoms with E-state index in [9.17, 15) is 14.4 Å². The van der Waals surface area contributed by atoms with Gasteiger partial charge in [-0.2, -0.15) is 0 Å². The van der Waals surface area contributed by atoms with Gasteiger partial charge in [-0.05, 0) is 38.0 Å². The Labute approximate surface area is 159 Å². The number of nitrogens with zero attached hydrogens (tertiary/aromatic N) is 1. The third-order valence-electron chi connectivity index (χ3n) is 5.73. The molecule has 7 nitrogen and oxygen atoms in total. The normalized spacial score (nSPS) is 29.8. The maximum atomic E-state index is 13.0. The fourth-order valence-corrected chi connectivity index (χ4v) is 4.39. The summed E-state index contributed by atoms with van der Waals surface area (Å²) in [5.41, 5.74) is -0.369. The number of fused-ring (bicyclic) bond motifs is 1. The van der Waals surface area contributed by atoms with Crippen molar-refractivity contribution in [3.63, 3.8) is 0 Å². The van der Waals surface area contributed by atoms with Crippen LogP contribution >= 0.6 is 0 Å². The minimum atomic E-state index is -1.21. The first kappa shape index (κ1) is 19.4. The second-order valence-corrected chi connectivity index (χ2v) is 6.86. The Balaban J connectivity index is 2.09. The predicted molar refractivity (Wildman–Crippen MR) is 97.9 cm³/mol. The van der Waals surface area contributed by atoms with Gasteiger partial charge in [0.05, 0.1) is 25.6 Å². The monoisotopic (exact) mass is 374 g/mol. The number of carbonyl (C=O) groups excluding carboxylic acids is 3. The minimum Gasteiger partial charge on any atom is -0.497 e. The molecule has 1 N–H and O–H groups in total. The number of ether oxygens (including phenoxy) is 2. The number of benzene rings is 1. The van der Waals surface area contributed by atoms with Gasteiger partial charge in [0.25, 0.3) is 0 Å². The SMILES string of the molecule is CCOC(=O)[C@@]1(CC)N[C@@H](c2ccc(OC)cc2)[C@H]2C(=O)N(CC)C(=O)[C@@H]21. The number of hydrogen-bond acceptors (Lipinski definition) is 6. The molecule has 1 aromatic carbocycles. The Hall–Kier alpha value is -2.41. The minimum absolute atomic E-state index is 0.215.